The summed E-state index contributed by atoms with van der Waals surface area (Å²) in [4.78, 5) is 18.6. The van der Waals surface area contributed by atoms with Crippen molar-refractivity contribution in [3.05, 3.63) is 101 Å². The number of carbonyl (C=O) groups is 1. The normalized spacial score (nSPS) is 11.5. The van der Waals surface area contributed by atoms with E-state index in [0.717, 1.165) is 29.6 Å². The summed E-state index contributed by atoms with van der Waals surface area (Å²) in [6.45, 7) is 9.96. The van der Waals surface area contributed by atoms with Crippen molar-refractivity contribution in [1.29, 1.82) is 0 Å². The number of hydrogen-bond acceptors (Lipinski definition) is 1. The smallest absolute Gasteiger partial charge is 0.322 e. The van der Waals surface area contributed by atoms with E-state index in [4.69, 9.17) is 0 Å². The molecule has 0 aliphatic rings. The topological polar surface area (TPSA) is 48.1 Å². The molecule has 4 nitrogen and oxygen atoms in total. The molecule has 2 N–H and O–H groups in total. The Morgan fingerprint density at radius 2 is 1.59 bits per heavy atom. The lowest BCUT2D eigenvalue weighted by Crippen LogP contribution is -2.36. The average molecular weight is 454 g/mol. The lowest BCUT2D eigenvalue weighted by atomic mass is 9.87. The van der Waals surface area contributed by atoms with E-state index in [-0.39, 0.29) is 11.4 Å². The maximum absolute atomic E-state index is 13.3. The number of H-pyrrole nitrogens is 1. The summed E-state index contributed by atoms with van der Waals surface area (Å²) in [5.74, 6) is 0. The molecule has 3 aromatic carbocycles. The summed E-state index contributed by atoms with van der Waals surface area (Å²) < 4.78 is 0. The highest BCUT2D eigenvalue weighted by atomic mass is 16.2. The number of hydrogen-bond donors (Lipinski definition) is 2. The second-order valence-corrected chi connectivity index (χ2v) is 9.96. The van der Waals surface area contributed by atoms with Crippen LogP contribution in [0.4, 0.5) is 10.5 Å². The van der Waals surface area contributed by atoms with Crippen LogP contribution >= 0.6 is 0 Å². The number of aromatic amines is 1. The highest BCUT2D eigenvalue weighted by Crippen LogP contribution is 2.23. The molecule has 4 aromatic rings. The predicted molar refractivity (Wildman–Crippen MR) is 142 cm³/mol. The summed E-state index contributed by atoms with van der Waals surface area (Å²) in [5, 5.41) is 4.31. The predicted octanol–water partition coefficient (Wildman–Crippen LogP) is 7.30. The van der Waals surface area contributed by atoms with Gasteiger partial charge in [0.2, 0.25) is 0 Å². The maximum atomic E-state index is 13.3. The molecule has 4 rings (SSSR count). The molecule has 0 bridgehead atoms. The van der Waals surface area contributed by atoms with Crippen LogP contribution in [0.5, 0.6) is 0 Å². The first-order chi connectivity index (χ1) is 16.3. The maximum Gasteiger partial charge on any atom is 0.322 e. The first-order valence-electron chi connectivity index (χ1n) is 12.1. The first-order valence-corrected chi connectivity index (χ1v) is 12.1. The average Bonchev–Trinajstić information content (AvgIpc) is 3.25. The van der Waals surface area contributed by atoms with Crippen LogP contribution < -0.4 is 5.32 Å². The zero-order valence-electron chi connectivity index (χ0n) is 20.7. The van der Waals surface area contributed by atoms with Gasteiger partial charge < -0.3 is 15.2 Å². The number of rotatable bonds is 7. The van der Waals surface area contributed by atoms with Crippen LogP contribution in [0.3, 0.4) is 0 Å². The molecule has 2 amide bonds. The van der Waals surface area contributed by atoms with Crippen molar-refractivity contribution in [2.75, 3.05) is 11.9 Å². The molecule has 0 saturated carbocycles. The lowest BCUT2D eigenvalue weighted by molar-refractivity contribution is 0.210. The summed E-state index contributed by atoms with van der Waals surface area (Å²) in [5.41, 5.74) is 6.96. The first kappa shape index (κ1) is 23.6. The van der Waals surface area contributed by atoms with E-state index in [0.29, 0.717) is 13.1 Å². The van der Waals surface area contributed by atoms with E-state index in [2.05, 4.69) is 98.8 Å². The van der Waals surface area contributed by atoms with Crippen molar-refractivity contribution in [1.82, 2.24) is 9.88 Å². The number of anilines is 1. The summed E-state index contributed by atoms with van der Waals surface area (Å²) in [7, 11) is 0. The van der Waals surface area contributed by atoms with Gasteiger partial charge in [0.1, 0.15) is 0 Å². The van der Waals surface area contributed by atoms with Gasteiger partial charge in [0.25, 0.3) is 0 Å². The zero-order chi connectivity index (χ0) is 24.1. The number of nitrogens with one attached hydrogen (secondary N) is 2. The molecule has 0 aliphatic heterocycles. The quantitative estimate of drug-likeness (QED) is 0.303. The minimum Gasteiger partial charge on any atom is -0.361 e. The summed E-state index contributed by atoms with van der Waals surface area (Å²) >= 11 is 0. The van der Waals surface area contributed by atoms with Crippen molar-refractivity contribution in [3.63, 3.8) is 0 Å². The molecular weight excluding hydrogens is 418 g/mol. The molecule has 1 aromatic heterocycles. The Kier molecular flexibility index (Phi) is 7.06. The Labute approximate surface area is 203 Å². The number of benzene rings is 3. The highest BCUT2D eigenvalue weighted by molar-refractivity contribution is 5.89. The van der Waals surface area contributed by atoms with E-state index in [1.54, 1.807) is 0 Å². The molecule has 0 saturated heterocycles. The van der Waals surface area contributed by atoms with Crippen LogP contribution in [0.1, 0.15) is 49.9 Å². The van der Waals surface area contributed by atoms with E-state index in [1.807, 2.05) is 23.1 Å². The number of aryl methyl sites for hydroxylation is 1. The molecule has 0 aliphatic carbocycles. The van der Waals surface area contributed by atoms with Gasteiger partial charge >= 0.3 is 6.03 Å². The molecule has 176 valence electrons. The van der Waals surface area contributed by atoms with Crippen LogP contribution in [0.2, 0.25) is 0 Å². The number of para-hydroxylation sites is 1. The molecule has 0 spiro atoms. The third-order valence-electron chi connectivity index (χ3n) is 6.42. The van der Waals surface area contributed by atoms with Crippen molar-refractivity contribution >= 4 is 22.6 Å². The fraction of sp³-hybridized carbons (Fsp3) is 0.300. The van der Waals surface area contributed by atoms with Crippen LogP contribution in [0, 0.1) is 0 Å². The van der Waals surface area contributed by atoms with E-state index >= 15 is 0 Å². The molecule has 1 heterocycles. The minimum absolute atomic E-state index is 0.0796. The Morgan fingerprint density at radius 1 is 0.912 bits per heavy atom. The fourth-order valence-electron chi connectivity index (χ4n) is 4.20. The van der Waals surface area contributed by atoms with E-state index in [1.165, 1.54) is 22.1 Å². The zero-order valence-corrected chi connectivity index (χ0v) is 20.7. The van der Waals surface area contributed by atoms with E-state index < -0.39 is 0 Å². The van der Waals surface area contributed by atoms with Gasteiger partial charge in [0.15, 0.2) is 0 Å². The van der Waals surface area contributed by atoms with Gasteiger partial charge in [-0.1, -0.05) is 82.3 Å². The summed E-state index contributed by atoms with van der Waals surface area (Å²) in [6, 6.07) is 25.0. The van der Waals surface area contributed by atoms with Gasteiger partial charge in [-0.05, 0) is 58.7 Å². The third kappa shape index (κ3) is 5.69. The third-order valence-corrected chi connectivity index (χ3v) is 6.42. The highest BCUT2D eigenvalue weighted by Gasteiger charge is 2.17. The molecular formula is C30H35N3O. The summed E-state index contributed by atoms with van der Waals surface area (Å²) in [6.07, 6.45) is 3.82. The monoisotopic (exact) mass is 453 g/mol. The molecule has 34 heavy (non-hydrogen) atoms. The van der Waals surface area contributed by atoms with Gasteiger partial charge in [0.05, 0.1) is 0 Å². The van der Waals surface area contributed by atoms with Crippen molar-refractivity contribution in [2.45, 2.75) is 52.5 Å². The van der Waals surface area contributed by atoms with Crippen LogP contribution in [-0.2, 0) is 24.8 Å². The van der Waals surface area contributed by atoms with Gasteiger partial charge in [-0.3, -0.25) is 0 Å². The fourth-order valence-corrected chi connectivity index (χ4v) is 4.20. The second kappa shape index (κ2) is 10.2. The number of amides is 2. The number of urea groups is 1. The largest absolute Gasteiger partial charge is 0.361 e. The minimum atomic E-state index is -0.0796. The standard InChI is InChI=1S/C30H35N3O/c1-5-22-12-16-26(17-13-22)32-29(34)33(21-23-10-14-25(15-11-23)30(2,3)4)19-18-24-20-31-28-9-7-6-8-27(24)28/h6-17,20,31H,5,18-19,21H2,1-4H3,(H,32,34). The number of carbonyl (C=O) groups excluding carboxylic acids is 1. The Bertz CT molecular complexity index is 1230. The van der Waals surface area contributed by atoms with Gasteiger partial charge in [-0.15, -0.1) is 0 Å². The van der Waals surface area contributed by atoms with Gasteiger partial charge in [-0.25, -0.2) is 4.79 Å². The van der Waals surface area contributed by atoms with Crippen molar-refractivity contribution in [2.24, 2.45) is 0 Å². The molecule has 0 fully saturated rings. The molecule has 0 unspecified atom stereocenters. The van der Waals surface area contributed by atoms with E-state index in [9.17, 15) is 4.79 Å². The van der Waals surface area contributed by atoms with Crippen molar-refractivity contribution in [3.8, 4) is 0 Å². The number of fused-ring (bicyclic) bond motifs is 1. The number of nitrogens with zero attached hydrogens (tertiary/aromatic N) is 1. The SMILES string of the molecule is CCc1ccc(NC(=O)N(CCc2c[nH]c3ccccc23)Cc2ccc(C(C)(C)C)cc2)cc1. The van der Waals surface area contributed by atoms with Crippen LogP contribution in [0.25, 0.3) is 10.9 Å². The lowest BCUT2D eigenvalue weighted by Gasteiger charge is -2.24. The number of aromatic nitrogens is 1. The Balaban J connectivity index is 1.52. The van der Waals surface area contributed by atoms with Crippen LogP contribution in [-0.4, -0.2) is 22.5 Å². The van der Waals surface area contributed by atoms with Gasteiger partial charge in [0, 0.05) is 35.9 Å². The second-order valence-electron chi connectivity index (χ2n) is 9.96. The van der Waals surface area contributed by atoms with Gasteiger partial charge in [-0.2, -0.15) is 0 Å². The molecule has 0 radical (unpaired) electrons. The Hall–Kier alpha value is -3.53. The van der Waals surface area contributed by atoms with Crippen LogP contribution in [0.15, 0.2) is 79.0 Å². The molecule has 0 atom stereocenters. The van der Waals surface area contributed by atoms with Crippen molar-refractivity contribution < 1.29 is 4.79 Å². The Morgan fingerprint density at radius 3 is 2.26 bits per heavy atom. The molecule has 4 heteroatoms.